The maximum Gasteiger partial charge on any atom is 0.334 e. The molecule has 1 aliphatic heterocycles. The van der Waals surface area contributed by atoms with E-state index in [1.54, 1.807) is 6.92 Å². The predicted molar refractivity (Wildman–Crippen MR) is 35.4 cm³/mol. The van der Waals surface area contributed by atoms with Crippen molar-refractivity contribution in [2.24, 2.45) is 0 Å². The fourth-order valence-corrected chi connectivity index (χ4v) is 0.754. The third-order valence-corrected chi connectivity index (χ3v) is 1.21. The van der Waals surface area contributed by atoms with Crippen LogP contribution in [0.5, 0.6) is 0 Å². The van der Waals surface area contributed by atoms with Crippen molar-refractivity contribution < 1.29 is 19.1 Å². The van der Waals surface area contributed by atoms with E-state index >= 15 is 0 Å². The third-order valence-electron chi connectivity index (χ3n) is 1.21. The van der Waals surface area contributed by atoms with Crippen LogP contribution in [0.25, 0.3) is 0 Å². The van der Waals surface area contributed by atoms with Crippen LogP contribution >= 0.6 is 0 Å². The Labute approximate surface area is 63.8 Å². The lowest BCUT2D eigenvalue weighted by molar-refractivity contribution is -0.172. The Morgan fingerprint density at radius 2 is 2.36 bits per heavy atom. The molecule has 0 saturated heterocycles. The monoisotopic (exact) mass is 156 g/mol. The number of hydrogen-bond acceptors (Lipinski definition) is 4. The highest BCUT2D eigenvalue weighted by atomic mass is 16.7. The molecule has 1 rings (SSSR count). The molecule has 0 bridgehead atoms. The Morgan fingerprint density at radius 1 is 1.73 bits per heavy atom. The van der Waals surface area contributed by atoms with Crippen LogP contribution in [0.2, 0.25) is 0 Å². The first-order chi connectivity index (χ1) is 5.09. The summed E-state index contributed by atoms with van der Waals surface area (Å²) in [4.78, 5) is 21.0. The van der Waals surface area contributed by atoms with Crippen molar-refractivity contribution in [3.05, 3.63) is 11.6 Å². The molecule has 1 aliphatic rings. The van der Waals surface area contributed by atoms with Crippen LogP contribution in [0.1, 0.15) is 13.8 Å². The molecule has 0 N–H and O–H groups in total. The van der Waals surface area contributed by atoms with E-state index in [2.05, 4.69) is 9.47 Å². The number of hydrogen-bond donors (Lipinski definition) is 0. The van der Waals surface area contributed by atoms with Gasteiger partial charge in [-0.3, -0.25) is 4.79 Å². The summed E-state index contributed by atoms with van der Waals surface area (Å²) >= 11 is 0. The number of esters is 2. The van der Waals surface area contributed by atoms with Gasteiger partial charge in [-0.2, -0.15) is 0 Å². The van der Waals surface area contributed by atoms with Crippen molar-refractivity contribution in [1.82, 2.24) is 0 Å². The van der Waals surface area contributed by atoms with Gasteiger partial charge in [0.05, 0.1) is 0 Å². The molecule has 0 unspecified atom stereocenters. The van der Waals surface area contributed by atoms with Gasteiger partial charge in [-0.1, -0.05) is 0 Å². The Morgan fingerprint density at radius 3 is 2.73 bits per heavy atom. The van der Waals surface area contributed by atoms with Crippen molar-refractivity contribution in [3.63, 3.8) is 0 Å². The van der Waals surface area contributed by atoms with Crippen LogP contribution in [0.3, 0.4) is 0 Å². The normalized spacial score (nSPS) is 22.5. The molecule has 0 fully saturated rings. The second-order valence-electron chi connectivity index (χ2n) is 2.27. The average molecular weight is 156 g/mol. The second-order valence-corrected chi connectivity index (χ2v) is 2.27. The van der Waals surface area contributed by atoms with E-state index in [0.29, 0.717) is 5.57 Å². The molecule has 60 valence electrons. The predicted octanol–water partition coefficient (Wildman–Crippen LogP) is 0.379. The van der Waals surface area contributed by atoms with E-state index < -0.39 is 18.2 Å². The van der Waals surface area contributed by atoms with Crippen LogP contribution in [0.4, 0.5) is 0 Å². The zero-order valence-electron chi connectivity index (χ0n) is 6.29. The molecule has 0 radical (unpaired) electrons. The summed E-state index contributed by atoms with van der Waals surface area (Å²) in [5, 5.41) is 0. The smallest absolute Gasteiger partial charge is 0.334 e. The molecule has 0 aromatic heterocycles. The van der Waals surface area contributed by atoms with Crippen molar-refractivity contribution in [1.29, 1.82) is 0 Å². The molecule has 11 heavy (non-hydrogen) atoms. The number of rotatable bonds is 1. The highest BCUT2D eigenvalue weighted by Crippen LogP contribution is 2.15. The Kier molecular flexibility index (Phi) is 1.94. The standard InChI is InChI=1S/C7H8O4/c1-4-3-6(9)11-7(4)10-5(2)8/h3,7H,1-2H3/t7-/m1/s1. The fraction of sp³-hybridized carbons (Fsp3) is 0.429. The maximum atomic E-state index is 10.6. The van der Waals surface area contributed by atoms with Crippen molar-refractivity contribution >= 4 is 11.9 Å². The first kappa shape index (κ1) is 7.78. The molecule has 0 amide bonds. The third kappa shape index (κ3) is 1.80. The molecule has 0 saturated carbocycles. The number of carbonyl (C=O) groups excluding carboxylic acids is 2. The number of carbonyl (C=O) groups is 2. The molecule has 4 nitrogen and oxygen atoms in total. The van der Waals surface area contributed by atoms with Gasteiger partial charge >= 0.3 is 11.9 Å². The van der Waals surface area contributed by atoms with Gasteiger partial charge in [0.25, 0.3) is 6.29 Å². The van der Waals surface area contributed by atoms with Crippen LogP contribution in [0, 0.1) is 0 Å². The van der Waals surface area contributed by atoms with E-state index in [-0.39, 0.29) is 0 Å². The van der Waals surface area contributed by atoms with Crippen LogP contribution in [-0.4, -0.2) is 18.2 Å². The van der Waals surface area contributed by atoms with Gasteiger partial charge in [-0.15, -0.1) is 0 Å². The highest BCUT2D eigenvalue weighted by molar-refractivity contribution is 5.85. The molecule has 1 atom stereocenters. The minimum atomic E-state index is -0.806. The van der Waals surface area contributed by atoms with E-state index in [4.69, 9.17) is 0 Å². The molecular formula is C7H8O4. The quantitative estimate of drug-likeness (QED) is 0.515. The SMILES string of the molecule is CC(=O)O[C@@H]1OC(=O)C=C1C. The fourth-order valence-electron chi connectivity index (χ4n) is 0.754. The van der Waals surface area contributed by atoms with Gasteiger partial charge in [0, 0.05) is 18.6 Å². The van der Waals surface area contributed by atoms with Crippen molar-refractivity contribution in [2.45, 2.75) is 20.1 Å². The van der Waals surface area contributed by atoms with E-state index in [9.17, 15) is 9.59 Å². The van der Waals surface area contributed by atoms with Crippen LogP contribution in [0.15, 0.2) is 11.6 Å². The summed E-state index contributed by atoms with van der Waals surface area (Å²) in [5.74, 6) is -0.925. The molecule has 0 aromatic rings. The highest BCUT2D eigenvalue weighted by Gasteiger charge is 2.24. The first-order valence-electron chi connectivity index (χ1n) is 3.15. The summed E-state index contributed by atoms with van der Waals surface area (Å²) in [5.41, 5.74) is 0.616. The van der Waals surface area contributed by atoms with Crippen molar-refractivity contribution in [3.8, 4) is 0 Å². The first-order valence-corrected chi connectivity index (χ1v) is 3.15. The van der Waals surface area contributed by atoms with E-state index in [1.807, 2.05) is 0 Å². The Bertz CT molecular complexity index is 229. The molecular weight excluding hydrogens is 148 g/mol. The van der Waals surface area contributed by atoms with Crippen LogP contribution < -0.4 is 0 Å². The Balaban J connectivity index is 2.57. The molecule has 0 aliphatic carbocycles. The summed E-state index contributed by atoms with van der Waals surface area (Å²) in [6.45, 7) is 2.93. The lowest BCUT2D eigenvalue weighted by Gasteiger charge is -2.10. The zero-order chi connectivity index (χ0) is 8.43. The maximum absolute atomic E-state index is 10.6. The lowest BCUT2D eigenvalue weighted by atomic mass is 10.3. The summed E-state index contributed by atoms with van der Waals surface area (Å²) in [6, 6.07) is 0. The van der Waals surface area contributed by atoms with Gasteiger partial charge in [0.1, 0.15) is 0 Å². The van der Waals surface area contributed by atoms with Gasteiger partial charge in [-0.25, -0.2) is 4.79 Å². The van der Waals surface area contributed by atoms with Gasteiger partial charge in [-0.05, 0) is 6.92 Å². The molecule has 0 aromatic carbocycles. The number of cyclic esters (lactones) is 1. The number of ether oxygens (including phenoxy) is 2. The summed E-state index contributed by atoms with van der Waals surface area (Å²) < 4.78 is 9.25. The second kappa shape index (κ2) is 2.74. The summed E-state index contributed by atoms with van der Waals surface area (Å²) in [7, 11) is 0. The molecule has 1 heterocycles. The minimum Gasteiger partial charge on any atom is -0.421 e. The minimum absolute atomic E-state index is 0.461. The van der Waals surface area contributed by atoms with Crippen molar-refractivity contribution in [2.75, 3.05) is 0 Å². The lowest BCUT2D eigenvalue weighted by Crippen LogP contribution is -2.17. The zero-order valence-corrected chi connectivity index (χ0v) is 6.29. The van der Waals surface area contributed by atoms with E-state index in [1.165, 1.54) is 13.0 Å². The average Bonchev–Trinajstić information content (AvgIpc) is 2.09. The summed E-state index contributed by atoms with van der Waals surface area (Å²) in [6.07, 6.45) is 0.494. The molecule has 0 spiro atoms. The topological polar surface area (TPSA) is 52.6 Å². The largest absolute Gasteiger partial charge is 0.421 e. The van der Waals surface area contributed by atoms with Gasteiger partial charge in [0.15, 0.2) is 0 Å². The van der Waals surface area contributed by atoms with E-state index in [0.717, 1.165) is 0 Å². The Hall–Kier alpha value is -1.32. The van der Waals surface area contributed by atoms with Crippen LogP contribution in [-0.2, 0) is 19.1 Å². The van der Waals surface area contributed by atoms with Gasteiger partial charge in [0.2, 0.25) is 0 Å². The molecule has 4 heteroatoms. The van der Waals surface area contributed by atoms with Gasteiger partial charge < -0.3 is 9.47 Å².